The lowest BCUT2D eigenvalue weighted by Gasteiger charge is -2.12. The van der Waals surface area contributed by atoms with Crippen LogP contribution < -0.4 is 11.1 Å². The van der Waals surface area contributed by atoms with Crippen molar-refractivity contribution in [3.63, 3.8) is 0 Å². The van der Waals surface area contributed by atoms with E-state index in [0.29, 0.717) is 4.99 Å². The van der Waals surface area contributed by atoms with Crippen molar-refractivity contribution in [3.8, 4) is 0 Å². The van der Waals surface area contributed by atoms with E-state index in [4.69, 9.17) is 29.6 Å². The predicted molar refractivity (Wildman–Crippen MR) is 89.5 cm³/mol. The Labute approximate surface area is 131 Å². The molecule has 0 aliphatic heterocycles. The molecule has 2 aromatic carbocycles. The summed E-state index contributed by atoms with van der Waals surface area (Å²) in [6.07, 6.45) is 0. The molecule has 2 aromatic rings. The summed E-state index contributed by atoms with van der Waals surface area (Å²) in [5.74, 6) is 0. The molecule has 0 aliphatic rings. The Morgan fingerprint density at radius 1 is 1.21 bits per heavy atom. The molecule has 0 saturated carbocycles. The summed E-state index contributed by atoms with van der Waals surface area (Å²) in [4.78, 5) is 0.384. The zero-order valence-corrected chi connectivity index (χ0v) is 13.4. The van der Waals surface area contributed by atoms with Gasteiger partial charge < -0.3 is 11.1 Å². The van der Waals surface area contributed by atoms with E-state index in [1.807, 2.05) is 43.3 Å². The Hall–Kier alpha value is -1.10. The van der Waals surface area contributed by atoms with E-state index in [-0.39, 0.29) is 0 Å². The van der Waals surface area contributed by atoms with E-state index in [9.17, 15) is 0 Å². The van der Waals surface area contributed by atoms with Crippen LogP contribution in [-0.2, 0) is 0 Å². The minimum atomic E-state index is 0.384. The zero-order valence-electron chi connectivity index (χ0n) is 10.2. The van der Waals surface area contributed by atoms with Gasteiger partial charge >= 0.3 is 0 Å². The molecule has 5 heteroatoms. The molecule has 98 valence electrons. The van der Waals surface area contributed by atoms with Gasteiger partial charge in [0.2, 0.25) is 0 Å². The van der Waals surface area contributed by atoms with Gasteiger partial charge in [-0.05, 0) is 64.8 Å². The number of halogens is 2. The largest absolute Gasteiger partial charge is 0.389 e. The van der Waals surface area contributed by atoms with E-state index in [1.54, 1.807) is 0 Å². The third-order valence-electron chi connectivity index (χ3n) is 2.71. The molecule has 0 aliphatic carbocycles. The van der Waals surface area contributed by atoms with Gasteiger partial charge in [-0.2, -0.15) is 0 Å². The number of anilines is 2. The average Bonchev–Trinajstić information content (AvgIpc) is 2.34. The van der Waals surface area contributed by atoms with Crippen LogP contribution in [0, 0.1) is 6.92 Å². The topological polar surface area (TPSA) is 38.0 Å². The van der Waals surface area contributed by atoms with Crippen molar-refractivity contribution in [3.05, 3.63) is 57.0 Å². The van der Waals surface area contributed by atoms with Gasteiger partial charge in [-0.3, -0.25) is 0 Å². The van der Waals surface area contributed by atoms with Crippen LogP contribution in [0.4, 0.5) is 11.4 Å². The molecule has 0 heterocycles. The molecule has 19 heavy (non-hydrogen) atoms. The van der Waals surface area contributed by atoms with E-state index < -0.39 is 0 Å². The summed E-state index contributed by atoms with van der Waals surface area (Å²) in [7, 11) is 0. The molecule has 2 rings (SSSR count). The lowest BCUT2D eigenvalue weighted by molar-refractivity contribution is 1.42. The highest BCUT2D eigenvalue weighted by atomic mass is 79.9. The fraction of sp³-hybridized carbons (Fsp3) is 0.0714. The molecule has 0 amide bonds. The minimum absolute atomic E-state index is 0.384. The first-order valence-electron chi connectivity index (χ1n) is 5.60. The van der Waals surface area contributed by atoms with Crippen molar-refractivity contribution in [2.24, 2.45) is 5.73 Å². The van der Waals surface area contributed by atoms with E-state index in [2.05, 4.69) is 21.2 Å². The summed E-state index contributed by atoms with van der Waals surface area (Å²) in [6.45, 7) is 2.01. The van der Waals surface area contributed by atoms with E-state index in [1.165, 1.54) is 0 Å². The van der Waals surface area contributed by atoms with Gasteiger partial charge in [-0.25, -0.2) is 0 Å². The van der Waals surface area contributed by atoms with Crippen LogP contribution in [0.25, 0.3) is 0 Å². The van der Waals surface area contributed by atoms with Gasteiger partial charge in [0.05, 0.1) is 5.69 Å². The Bertz CT molecular complexity index is 643. The maximum Gasteiger partial charge on any atom is 0.104 e. The second-order valence-corrected chi connectivity index (χ2v) is 5.87. The first kappa shape index (κ1) is 14.3. The molecule has 0 aromatic heterocycles. The molecule has 0 saturated heterocycles. The second-order valence-electron chi connectivity index (χ2n) is 4.14. The number of benzene rings is 2. The SMILES string of the molecule is Cc1cc(Cl)ccc1Nc1ccc(C(N)=S)cc1Br. The van der Waals surface area contributed by atoms with Crippen molar-refractivity contribution in [2.45, 2.75) is 6.92 Å². The highest BCUT2D eigenvalue weighted by Crippen LogP contribution is 2.29. The summed E-state index contributed by atoms with van der Waals surface area (Å²) in [5.41, 5.74) is 9.47. The van der Waals surface area contributed by atoms with Crippen LogP contribution in [-0.4, -0.2) is 4.99 Å². The molecule has 0 bridgehead atoms. The van der Waals surface area contributed by atoms with Crippen LogP contribution in [0.1, 0.15) is 11.1 Å². The summed E-state index contributed by atoms with van der Waals surface area (Å²) in [6, 6.07) is 11.4. The molecule has 2 nitrogen and oxygen atoms in total. The van der Waals surface area contributed by atoms with Gasteiger partial charge in [0.15, 0.2) is 0 Å². The van der Waals surface area contributed by atoms with Crippen molar-refractivity contribution in [2.75, 3.05) is 5.32 Å². The molecular formula is C14H12BrClN2S. The molecular weight excluding hydrogens is 344 g/mol. The maximum absolute atomic E-state index is 5.94. The normalized spacial score (nSPS) is 10.3. The predicted octanol–water partition coefficient (Wildman–Crippen LogP) is 4.79. The van der Waals surface area contributed by atoms with Crippen LogP contribution >= 0.6 is 39.7 Å². The van der Waals surface area contributed by atoms with Crippen molar-refractivity contribution in [1.82, 2.24) is 0 Å². The Morgan fingerprint density at radius 3 is 2.47 bits per heavy atom. The molecule has 0 unspecified atom stereocenters. The van der Waals surface area contributed by atoms with Gasteiger partial charge in [-0.15, -0.1) is 0 Å². The number of nitrogens with one attached hydrogen (secondary N) is 1. The van der Waals surface area contributed by atoms with Crippen LogP contribution in [0.2, 0.25) is 5.02 Å². The number of thiocarbonyl (C=S) groups is 1. The Balaban J connectivity index is 2.31. The maximum atomic E-state index is 5.94. The smallest absolute Gasteiger partial charge is 0.104 e. The number of aryl methyl sites for hydroxylation is 1. The van der Waals surface area contributed by atoms with Crippen LogP contribution in [0.15, 0.2) is 40.9 Å². The highest BCUT2D eigenvalue weighted by molar-refractivity contribution is 9.10. The van der Waals surface area contributed by atoms with Crippen LogP contribution in [0.3, 0.4) is 0 Å². The fourth-order valence-electron chi connectivity index (χ4n) is 1.68. The summed E-state index contributed by atoms with van der Waals surface area (Å²) >= 11 is 14.4. The summed E-state index contributed by atoms with van der Waals surface area (Å²) < 4.78 is 0.909. The van der Waals surface area contributed by atoms with Gasteiger partial charge in [0.25, 0.3) is 0 Å². The second kappa shape index (κ2) is 5.90. The first-order valence-corrected chi connectivity index (χ1v) is 7.18. The van der Waals surface area contributed by atoms with Gasteiger partial charge in [0, 0.05) is 20.7 Å². The lowest BCUT2D eigenvalue weighted by Crippen LogP contribution is -2.09. The fourth-order valence-corrected chi connectivity index (χ4v) is 2.51. The minimum Gasteiger partial charge on any atom is -0.389 e. The van der Waals surface area contributed by atoms with E-state index >= 15 is 0 Å². The monoisotopic (exact) mass is 354 g/mol. The van der Waals surface area contributed by atoms with Gasteiger partial charge in [-0.1, -0.05) is 23.8 Å². The first-order chi connectivity index (χ1) is 8.97. The molecule has 0 atom stereocenters. The van der Waals surface area contributed by atoms with Crippen molar-refractivity contribution in [1.29, 1.82) is 0 Å². The summed E-state index contributed by atoms with van der Waals surface area (Å²) in [5, 5.41) is 4.07. The Kier molecular flexibility index (Phi) is 4.45. The van der Waals surface area contributed by atoms with Crippen molar-refractivity contribution < 1.29 is 0 Å². The number of hydrogen-bond donors (Lipinski definition) is 2. The third kappa shape index (κ3) is 3.47. The molecule has 0 fully saturated rings. The number of hydrogen-bond acceptors (Lipinski definition) is 2. The third-order valence-corrected chi connectivity index (χ3v) is 3.84. The molecule has 0 radical (unpaired) electrons. The quantitative estimate of drug-likeness (QED) is 0.778. The average molecular weight is 356 g/mol. The van der Waals surface area contributed by atoms with Gasteiger partial charge in [0.1, 0.15) is 4.99 Å². The van der Waals surface area contributed by atoms with E-state index in [0.717, 1.165) is 32.0 Å². The standard InChI is InChI=1S/C14H12BrClN2S/c1-8-6-10(16)3-5-12(8)18-13-4-2-9(14(17)19)7-11(13)15/h2-7,18H,1H3,(H2,17,19). The zero-order chi connectivity index (χ0) is 14.0. The Morgan fingerprint density at radius 2 is 1.89 bits per heavy atom. The lowest BCUT2D eigenvalue weighted by atomic mass is 10.1. The highest BCUT2D eigenvalue weighted by Gasteiger charge is 2.05. The molecule has 3 N–H and O–H groups in total. The molecule has 0 spiro atoms. The van der Waals surface area contributed by atoms with Crippen molar-refractivity contribution >= 4 is 56.1 Å². The number of nitrogens with two attached hydrogens (primary N) is 1. The number of rotatable bonds is 3. The van der Waals surface area contributed by atoms with Crippen LogP contribution in [0.5, 0.6) is 0 Å².